The van der Waals surface area contributed by atoms with Crippen LogP contribution in [0.1, 0.15) is 18.4 Å². The third-order valence-corrected chi connectivity index (χ3v) is 2.92. The monoisotopic (exact) mass is 209 g/mol. The maximum Gasteiger partial charge on any atom is 0.324 e. The van der Waals surface area contributed by atoms with Gasteiger partial charge in [-0.25, -0.2) is 0 Å². The van der Waals surface area contributed by atoms with Gasteiger partial charge in [0.05, 0.1) is 6.20 Å². The molecule has 82 valence electrons. The Kier molecular flexibility index (Phi) is 2.48. The van der Waals surface area contributed by atoms with Crippen molar-refractivity contribution in [1.82, 2.24) is 15.1 Å². The zero-order chi connectivity index (χ0) is 10.9. The Morgan fingerprint density at radius 2 is 2.60 bits per heavy atom. The molecule has 1 fully saturated rings. The van der Waals surface area contributed by atoms with Crippen molar-refractivity contribution < 1.29 is 9.90 Å². The van der Waals surface area contributed by atoms with E-state index in [0.29, 0.717) is 12.8 Å². The minimum atomic E-state index is -0.775. The summed E-state index contributed by atoms with van der Waals surface area (Å²) in [5, 5.41) is 16.4. The lowest BCUT2D eigenvalue weighted by Crippen LogP contribution is -2.49. The lowest BCUT2D eigenvalue weighted by molar-refractivity contribution is -0.144. The highest BCUT2D eigenvalue weighted by Gasteiger charge is 2.41. The summed E-state index contributed by atoms with van der Waals surface area (Å²) in [5.41, 5.74) is 0.192. The fourth-order valence-corrected chi connectivity index (χ4v) is 2.13. The van der Waals surface area contributed by atoms with Crippen LogP contribution in [-0.4, -0.2) is 32.9 Å². The van der Waals surface area contributed by atoms with Gasteiger partial charge in [-0.3, -0.25) is 9.48 Å². The molecular formula is C10H15N3O2. The second-order valence-corrected chi connectivity index (χ2v) is 4.12. The van der Waals surface area contributed by atoms with Crippen molar-refractivity contribution in [2.24, 2.45) is 7.05 Å². The molecule has 2 rings (SSSR count). The molecule has 1 saturated heterocycles. The van der Waals surface area contributed by atoms with E-state index in [1.807, 2.05) is 13.2 Å². The van der Waals surface area contributed by atoms with E-state index in [0.717, 1.165) is 18.5 Å². The molecule has 1 aliphatic rings. The first-order chi connectivity index (χ1) is 7.12. The zero-order valence-corrected chi connectivity index (χ0v) is 8.73. The highest BCUT2D eigenvalue weighted by molar-refractivity contribution is 5.79. The van der Waals surface area contributed by atoms with Crippen LogP contribution in [0.3, 0.4) is 0 Å². The number of nitrogens with zero attached hydrogens (tertiary/aromatic N) is 2. The number of hydrogen-bond donors (Lipinski definition) is 2. The van der Waals surface area contributed by atoms with Crippen molar-refractivity contribution in [1.29, 1.82) is 0 Å². The van der Waals surface area contributed by atoms with E-state index < -0.39 is 11.5 Å². The number of rotatable bonds is 3. The van der Waals surface area contributed by atoms with E-state index in [1.54, 1.807) is 10.9 Å². The van der Waals surface area contributed by atoms with Crippen LogP contribution >= 0.6 is 0 Å². The van der Waals surface area contributed by atoms with Gasteiger partial charge in [0.1, 0.15) is 5.54 Å². The molecule has 0 saturated carbocycles. The third-order valence-electron chi connectivity index (χ3n) is 2.92. The van der Waals surface area contributed by atoms with Gasteiger partial charge in [0, 0.05) is 19.7 Å². The molecule has 2 N–H and O–H groups in total. The zero-order valence-electron chi connectivity index (χ0n) is 8.73. The number of carbonyl (C=O) groups is 1. The van der Waals surface area contributed by atoms with Crippen molar-refractivity contribution in [3.8, 4) is 0 Å². The number of hydrogen-bond acceptors (Lipinski definition) is 3. The molecule has 0 radical (unpaired) electrons. The van der Waals surface area contributed by atoms with Crippen molar-refractivity contribution in [2.45, 2.75) is 24.8 Å². The molecule has 1 unspecified atom stereocenters. The first-order valence-electron chi connectivity index (χ1n) is 5.08. The quantitative estimate of drug-likeness (QED) is 0.744. The van der Waals surface area contributed by atoms with Crippen LogP contribution in [0.4, 0.5) is 0 Å². The van der Waals surface area contributed by atoms with Crippen LogP contribution < -0.4 is 5.32 Å². The van der Waals surface area contributed by atoms with E-state index in [-0.39, 0.29) is 0 Å². The van der Waals surface area contributed by atoms with Gasteiger partial charge in [-0.2, -0.15) is 5.10 Å². The Hall–Kier alpha value is -1.36. The summed E-state index contributed by atoms with van der Waals surface area (Å²) in [7, 11) is 1.83. The van der Waals surface area contributed by atoms with Gasteiger partial charge in [0.2, 0.25) is 0 Å². The fraction of sp³-hybridized carbons (Fsp3) is 0.600. The summed E-state index contributed by atoms with van der Waals surface area (Å²) in [6, 6.07) is 0. The van der Waals surface area contributed by atoms with Gasteiger partial charge in [-0.15, -0.1) is 0 Å². The Morgan fingerprint density at radius 3 is 3.07 bits per heavy atom. The molecular weight excluding hydrogens is 194 g/mol. The van der Waals surface area contributed by atoms with Crippen LogP contribution in [0.5, 0.6) is 0 Å². The smallest absolute Gasteiger partial charge is 0.324 e. The molecule has 5 nitrogen and oxygen atoms in total. The number of aromatic nitrogens is 2. The number of aryl methyl sites for hydroxylation is 1. The summed E-state index contributed by atoms with van der Waals surface area (Å²) >= 11 is 0. The Bertz CT molecular complexity index is 366. The summed E-state index contributed by atoms with van der Waals surface area (Å²) in [6.45, 7) is 0.784. The number of carboxylic acid groups (broad SMARTS) is 1. The van der Waals surface area contributed by atoms with E-state index in [1.165, 1.54) is 0 Å². The van der Waals surface area contributed by atoms with Crippen LogP contribution in [0.25, 0.3) is 0 Å². The van der Waals surface area contributed by atoms with Crippen LogP contribution in [0.2, 0.25) is 0 Å². The van der Waals surface area contributed by atoms with E-state index in [2.05, 4.69) is 10.4 Å². The van der Waals surface area contributed by atoms with Crippen molar-refractivity contribution >= 4 is 5.97 Å². The number of carboxylic acids is 1. The molecule has 0 bridgehead atoms. The minimum absolute atomic E-state index is 0.510. The lowest BCUT2D eigenvalue weighted by Gasteiger charge is -2.23. The summed E-state index contributed by atoms with van der Waals surface area (Å²) in [6.07, 6.45) is 5.72. The van der Waals surface area contributed by atoms with Crippen molar-refractivity contribution in [2.75, 3.05) is 6.54 Å². The molecule has 0 aromatic carbocycles. The molecule has 5 heteroatoms. The van der Waals surface area contributed by atoms with E-state index in [9.17, 15) is 9.90 Å². The second kappa shape index (κ2) is 3.66. The number of aliphatic carboxylic acids is 1. The van der Waals surface area contributed by atoms with E-state index >= 15 is 0 Å². The average Bonchev–Trinajstić information content (AvgIpc) is 2.77. The molecule has 0 amide bonds. The molecule has 0 spiro atoms. The third kappa shape index (κ3) is 1.87. The standard InChI is InChI=1S/C10H15N3O2/c1-13-7-8(6-12-13)5-10(9(14)15)3-2-4-11-10/h6-7,11H,2-5H2,1H3,(H,14,15). The minimum Gasteiger partial charge on any atom is -0.480 e. The van der Waals surface area contributed by atoms with Gasteiger partial charge < -0.3 is 10.4 Å². The summed E-state index contributed by atoms with van der Waals surface area (Å²) in [5.74, 6) is -0.760. The SMILES string of the molecule is Cn1cc(CC2(C(=O)O)CCCN2)cn1. The lowest BCUT2D eigenvalue weighted by atomic mass is 9.91. The van der Waals surface area contributed by atoms with Crippen LogP contribution in [0.15, 0.2) is 12.4 Å². The van der Waals surface area contributed by atoms with Gasteiger partial charge >= 0.3 is 5.97 Å². The maximum absolute atomic E-state index is 11.2. The first kappa shape index (κ1) is 10.2. The maximum atomic E-state index is 11.2. The Labute approximate surface area is 88.1 Å². The first-order valence-corrected chi connectivity index (χ1v) is 5.08. The largest absolute Gasteiger partial charge is 0.480 e. The normalized spacial score (nSPS) is 25.7. The second-order valence-electron chi connectivity index (χ2n) is 4.12. The Morgan fingerprint density at radius 1 is 1.80 bits per heavy atom. The van der Waals surface area contributed by atoms with Crippen molar-refractivity contribution in [3.05, 3.63) is 18.0 Å². The van der Waals surface area contributed by atoms with Crippen LogP contribution in [0, 0.1) is 0 Å². The molecule has 1 aromatic rings. The highest BCUT2D eigenvalue weighted by Crippen LogP contribution is 2.24. The van der Waals surface area contributed by atoms with Crippen LogP contribution in [-0.2, 0) is 18.3 Å². The summed E-state index contributed by atoms with van der Waals surface area (Å²) in [4.78, 5) is 11.2. The molecule has 15 heavy (non-hydrogen) atoms. The molecule has 1 atom stereocenters. The van der Waals surface area contributed by atoms with Crippen molar-refractivity contribution in [3.63, 3.8) is 0 Å². The fourth-order valence-electron chi connectivity index (χ4n) is 2.13. The molecule has 0 aliphatic carbocycles. The van der Waals surface area contributed by atoms with Gasteiger partial charge in [-0.1, -0.05) is 0 Å². The number of nitrogens with one attached hydrogen (secondary N) is 1. The van der Waals surface area contributed by atoms with Gasteiger partial charge in [0.25, 0.3) is 0 Å². The average molecular weight is 209 g/mol. The summed E-state index contributed by atoms with van der Waals surface area (Å²) < 4.78 is 1.69. The topological polar surface area (TPSA) is 67.2 Å². The molecule has 1 aliphatic heterocycles. The Balaban J connectivity index is 2.17. The molecule has 1 aromatic heterocycles. The van der Waals surface area contributed by atoms with Gasteiger partial charge in [0.15, 0.2) is 0 Å². The predicted octanol–water partition coefficient (Wildman–Crippen LogP) is 0.169. The molecule has 2 heterocycles. The highest BCUT2D eigenvalue weighted by atomic mass is 16.4. The van der Waals surface area contributed by atoms with Gasteiger partial charge in [-0.05, 0) is 24.9 Å². The van der Waals surface area contributed by atoms with E-state index in [4.69, 9.17) is 0 Å². The predicted molar refractivity (Wildman–Crippen MR) is 54.5 cm³/mol.